The zero-order valence-electron chi connectivity index (χ0n) is 12.4. The topological polar surface area (TPSA) is 76.0 Å². The highest BCUT2D eigenvalue weighted by molar-refractivity contribution is 7.99. The van der Waals surface area contributed by atoms with Crippen molar-refractivity contribution in [1.29, 1.82) is 0 Å². The maximum atomic E-state index is 13.1. The summed E-state index contributed by atoms with van der Waals surface area (Å²) in [5, 5.41) is 9.38. The van der Waals surface area contributed by atoms with E-state index in [2.05, 4.69) is 15.0 Å². The highest BCUT2D eigenvalue weighted by Crippen LogP contribution is 2.26. The van der Waals surface area contributed by atoms with Gasteiger partial charge in [0, 0.05) is 11.8 Å². The van der Waals surface area contributed by atoms with Gasteiger partial charge in [-0.25, -0.2) is 14.4 Å². The van der Waals surface area contributed by atoms with Crippen molar-refractivity contribution < 1.29 is 14.3 Å². The number of hydrogen-bond acceptors (Lipinski definition) is 5. The molecular weight excluding hydrogens is 329 g/mol. The summed E-state index contributed by atoms with van der Waals surface area (Å²) in [5.74, 6) is -0.992. The molecule has 5 nitrogen and oxygen atoms in total. The number of nitrogens with zero attached hydrogens (tertiary/aromatic N) is 3. The maximum Gasteiger partial charge on any atom is 0.313 e. The maximum absolute atomic E-state index is 13.1. The molecule has 24 heavy (non-hydrogen) atoms. The van der Waals surface area contributed by atoms with E-state index in [0.717, 1.165) is 11.8 Å². The van der Waals surface area contributed by atoms with Crippen LogP contribution in [-0.4, -0.2) is 31.8 Å². The van der Waals surface area contributed by atoms with Crippen molar-refractivity contribution in [2.45, 2.75) is 5.03 Å². The van der Waals surface area contributed by atoms with Crippen molar-refractivity contribution in [3.63, 3.8) is 0 Å². The van der Waals surface area contributed by atoms with E-state index < -0.39 is 5.97 Å². The number of rotatable bonds is 5. The van der Waals surface area contributed by atoms with Crippen molar-refractivity contribution in [3.05, 3.63) is 60.5 Å². The lowest BCUT2D eigenvalue weighted by molar-refractivity contribution is -0.133. The second kappa shape index (κ2) is 7.18. The predicted octanol–water partition coefficient (Wildman–Crippen LogP) is 3.52. The molecule has 0 unspecified atom stereocenters. The third-order valence-corrected chi connectivity index (χ3v) is 3.97. The third-order valence-electron chi connectivity index (χ3n) is 3.08. The molecular formula is C17H12FN3O2S. The van der Waals surface area contributed by atoms with Crippen molar-refractivity contribution >= 4 is 17.7 Å². The van der Waals surface area contributed by atoms with Crippen LogP contribution >= 0.6 is 11.8 Å². The van der Waals surface area contributed by atoms with Gasteiger partial charge < -0.3 is 5.11 Å². The first-order valence-corrected chi connectivity index (χ1v) is 8.01. The number of benzene rings is 1. The van der Waals surface area contributed by atoms with Crippen molar-refractivity contribution in [2.24, 2.45) is 0 Å². The fourth-order valence-electron chi connectivity index (χ4n) is 2.01. The summed E-state index contributed by atoms with van der Waals surface area (Å²) >= 11 is 1.10. The molecule has 0 amide bonds. The Morgan fingerprint density at radius 3 is 2.54 bits per heavy atom. The first-order chi connectivity index (χ1) is 11.6. The second-order valence-electron chi connectivity index (χ2n) is 4.82. The van der Waals surface area contributed by atoms with Crippen LogP contribution < -0.4 is 0 Å². The summed E-state index contributed by atoms with van der Waals surface area (Å²) in [6.45, 7) is 0. The number of carboxylic acid groups (broad SMARTS) is 1. The molecule has 3 aromatic rings. The van der Waals surface area contributed by atoms with E-state index in [-0.39, 0.29) is 11.6 Å². The summed E-state index contributed by atoms with van der Waals surface area (Å²) in [6, 6.07) is 13.0. The number of hydrogen-bond donors (Lipinski definition) is 1. The van der Waals surface area contributed by atoms with Crippen LogP contribution in [0.15, 0.2) is 59.8 Å². The minimum Gasteiger partial charge on any atom is -0.481 e. The summed E-state index contributed by atoms with van der Waals surface area (Å²) in [6.07, 6.45) is 1.65. The Balaban J connectivity index is 2.05. The van der Waals surface area contributed by atoms with Gasteiger partial charge >= 0.3 is 5.97 Å². The van der Waals surface area contributed by atoms with Gasteiger partial charge in [-0.3, -0.25) is 9.78 Å². The van der Waals surface area contributed by atoms with Crippen LogP contribution in [0.1, 0.15) is 0 Å². The molecule has 1 aromatic carbocycles. The average Bonchev–Trinajstić information content (AvgIpc) is 2.61. The van der Waals surface area contributed by atoms with Crippen LogP contribution in [-0.2, 0) is 4.79 Å². The van der Waals surface area contributed by atoms with Gasteiger partial charge in [0.15, 0.2) is 5.82 Å². The third kappa shape index (κ3) is 3.94. The first-order valence-electron chi connectivity index (χ1n) is 7.03. The number of carbonyl (C=O) groups is 1. The SMILES string of the molecule is O=C(O)CSc1cc(-c2ccccn2)nc(-c2ccc(F)cc2)n1. The quantitative estimate of drug-likeness (QED) is 0.565. The molecule has 0 aliphatic heterocycles. The summed E-state index contributed by atoms with van der Waals surface area (Å²) in [5.41, 5.74) is 1.88. The smallest absolute Gasteiger partial charge is 0.313 e. The molecule has 7 heteroatoms. The Kier molecular flexibility index (Phi) is 4.81. The summed E-state index contributed by atoms with van der Waals surface area (Å²) < 4.78 is 13.1. The van der Waals surface area contributed by atoms with Crippen LogP contribution in [0.3, 0.4) is 0 Å². The minimum absolute atomic E-state index is 0.110. The molecule has 0 saturated heterocycles. The standard InChI is InChI=1S/C17H12FN3O2S/c18-12-6-4-11(5-7-12)17-20-14(13-3-1-2-8-19-13)9-15(21-17)24-10-16(22)23/h1-9H,10H2,(H,22,23). The van der Waals surface area contributed by atoms with Crippen molar-refractivity contribution in [3.8, 4) is 22.8 Å². The number of pyridine rings is 1. The van der Waals surface area contributed by atoms with E-state index in [9.17, 15) is 9.18 Å². The van der Waals surface area contributed by atoms with Crippen LogP contribution in [0, 0.1) is 5.82 Å². The lowest BCUT2D eigenvalue weighted by atomic mass is 10.2. The predicted molar refractivity (Wildman–Crippen MR) is 89.0 cm³/mol. The number of aliphatic carboxylic acids is 1. The number of thioether (sulfide) groups is 1. The molecule has 120 valence electrons. The van der Waals surface area contributed by atoms with Gasteiger partial charge in [0.05, 0.1) is 17.1 Å². The van der Waals surface area contributed by atoms with Crippen LogP contribution in [0.5, 0.6) is 0 Å². The van der Waals surface area contributed by atoms with Gasteiger partial charge in [0.1, 0.15) is 10.8 Å². The molecule has 1 N–H and O–H groups in total. The molecule has 0 aliphatic carbocycles. The molecule has 0 saturated carbocycles. The Morgan fingerprint density at radius 2 is 1.88 bits per heavy atom. The lowest BCUT2D eigenvalue weighted by Gasteiger charge is -2.07. The molecule has 0 atom stereocenters. The number of carboxylic acids is 1. The molecule has 0 fully saturated rings. The van der Waals surface area contributed by atoms with Crippen molar-refractivity contribution in [1.82, 2.24) is 15.0 Å². The largest absolute Gasteiger partial charge is 0.481 e. The second-order valence-corrected chi connectivity index (χ2v) is 5.81. The first kappa shape index (κ1) is 16.1. The van der Waals surface area contributed by atoms with E-state index in [1.807, 2.05) is 12.1 Å². The van der Waals surface area contributed by atoms with E-state index >= 15 is 0 Å². The van der Waals surface area contributed by atoms with Gasteiger partial charge in [0.25, 0.3) is 0 Å². The van der Waals surface area contributed by atoms with E-state index in [4.69, 9.17) is 5.11 Å². The Bertz CT molecular complexity index is 857. The number of aromatic nitrogens is 3. The molecule has 2 heterocycles. The minimum atomic E-state index is -0.929. The molecule has 0 radical (unpaired) electrons. The highest BCUT2D eigenvalue weighted by Gasteiger charge is 2.11. The van der Waals surface area contributed by atoms with E-state index in [0.29, 0.717) is 27.8 Å². The zero-order chi connectivity index (χ0) is 16.9. The zero-order valence-corrected chi connectivity index (χ0v) is 13.2. The highest BCUT2D eigenvalue weighted by atomic mass is 32.2. The molecule has 0 spiro atoms. The fourth-order valence-corrected chi connectivity index (χ4v) is 2.63. The molecule has 0 aliphatic rings. The van der Waals surface area contributed by atoms with E-state index in [1.165, 1.54) is 12.1 Å². The Morgan fingerprint density at radius 1 is 1.08 bits per heavy atom. The molecule has 0 bridgehead atoms. The fraction of sp³-hybridized carbons (Fsp3) is 0.0588. The van der Waals surface area contributed by atoms with Gasteiger partial charge in [-0.2, -0.15) is 0 Å². The van der Waals surface area contributed by atoms with Crippen molar-refractivity contribution in [2.75, 3.05) is 5.75 Å². The molecule has 2 aromatic heterocycles. The Hall–Kier alpha value is -2.80. The number of halogens is 1. The Labute approximate surface area is 141 Å². The van der Waals surface area contributed by atoms with Crippen LogP contribution in [0.25, 0.3) is 22.8 Å². The van der Waals surface area contributed by atoms with Gasteiger partial charge in [-0.05, 0) is 42.5 Å². The van der Waals surface area contributed by atoms with Crippen LogP contribution in [0.4, 0.5) is 4.39 Å². The van der Waals surface area contributed by atoms with Gasteiger partial charge in [0.2, 0.25) is 0 Å². The monoisotopic (exact) mass is 341 g/mol. The van der Waals surface area contributed by atoms with Gasteiger partial charge in [-0.15, -0.1) is 0 Å². The summed E-state index contributed by atoms with van der Waals surface area (Å²) in [4.78, 5) is 23.9. The molecule has 3 rings (SSSR count). The van der Waals surface area contributed by atoms with Crippen LogP contribution in [0.2, 0.25) is 0 Å². The van der Waals surface area contributed by atoms with Gasteiger partial charge in [-0.1, -0.05) is 17.8 Å². The summed E-state index contributed by atoms with van der Waals surface area (Å²) in [7, 11) is 0. The normalized spacial score (nSPS) is 10.5. The van der Waals surface area contributed by atoms with E-state index in [1.54, 1.807) is 30.5 Å². The lowest BCUT2D eigenvalue weighted by Crippen LogP contribution is -2.00. The average molecular weight is 341 g/mol.